The van der Waals surface area contributed by atoms with Crippen molar-refractivity contribution < 1.29 is 14.3 Å². The molecule has 10 heteroatoms. The smallest absolute Gasteiger partial charge is 0.320 e. The van der Waals surface area contributed by atoms with E-state index in [2.05, 4.69) is 266 Å². The fraction of sp³-hybridized carbons (Fsp3) is 0.0482. The van der Waals surface area contributed by atoms with E-state index in [0.717, 1.165) is 35.7 Å². The van der Waals surface area contributed by atoms with Gasteiger partial charge in [-0.1, -0.05) is 176 Å². The lowest BCUT2D eigenvalue weighted by molar-refractivity contribution is 0.137. The van der Waals surface area contributed by atoms with E-state index in [1.165, 1.54) is 169 Å². The minimum absolute atomic E-state index is 0.382. The van der Waals surface area contributed by atoms with E-state index in [4.69, 9.17) is 4.74 Å². The zero-order chi connectivity index (χ0) is 62.9. The highest BCUT2D eigenvalue weighted by atomic mass is 32.2. The molecule has 3 aliphatic rings. The lowest BCUT2D eigenvalue weighted by atomic mass is 10.0. The fourth-order valence-corrected chi connectivity index (χ4v) is 19.2. The van der Waals surface area contributed by atoms with E-state index >= 15 is 0 Å². The molecule has 16 aromatic rings. The topological polar surface area (TPSA) is 43.4 Å². The summed E-state index contributed by atoms with van der Waals surface area (Å²) >= 11 is 10.7. The van der Waals surface area contributed by atoms with Crippen LogP contribution < -0.4 is 4.74 Å². The van der Waals surface area contributed by atoms with Crippen molar-refractivity contribution in [2.45, 2.75) is 58.9 Å². The Bertz CT molecular complexity index is 5000. The van der Waals surface area contributed by atoms with E-state index in [1.54, 1.807) is 18.7 Å². The van der Waals surface area contributed by atoms with Crippen molar-refractivity contribution in [3.63, 3.8) is 0 Å². The molecule has 6 heterocycles. The summed E-state index contributed by atoms with van der Waals surface area (Å²) in [6.07, 6.45) is 2.09. The van der Waals surface area contributed by atoms with Gasteiger partial charge < -0.3 is 9.47 Å². The van der Waals surface area contributed by atoms with Crippen LogP contribution in [0.3, 0.4) is 0 Å². The first-order chi connectivity index (χ1) is 45.8. The van der Waals surface area contributed by atoms with Gasteiger partial charge in [0.2, 0.25) is 9.79 Å². The Labute approximate surface area is 571 Å². The van der Waals surface area contributed by atoms with Gasteiger partial charge in [-0.25, -0.2) is 0 Å². The molecule has 0 radical (unpaired) electrons. The molecule has 3 aliphatic heterocycles. The number of benzene rings is 13. The average molecular weight is 1340 g/mol. The van der Waals surface area contributed by atoms with Crippen molar-refractivity contribution in [1.82, 2.24) is 0 Å². The normalized spacial score (nSPS) is 11.9. The van der Waals surface area contributed by atoms with Crippen molar-refractivity contribution in [3.05, 3.63) is 331 Å². The molecule has 13 aromatic carbocycles. The molecule has 0 unspecified atom stereocenters. The predicted molar refractivity (Wildman–Crippen MR) is 409 cm³/mol. The quantitative estimate of drug-likeness (QED) is 0.100. The molecule has 0 amide bonds. The molecule has 0 saturated carbocycles. The first-order valence-corrected chi connectivity index (χ1v) is 36.8. The minimum Gasteiger partial charge on any atom is -0.585 e. The van der Waals surface area contributed by atoms with E-state index in [1.807, 2.05) is 72.2 Å². The summed E-state index contributed by atoms with van der Waals surface area (Å²) in [6.45, 7) is 1.73. The Balaban J connectivity index is 0.0000000972. The third-order valence-corrected chi connectivity index (χ3v) is 24.6. The maximum atomic E-state index is 9.53. The molecule has 0 bridgehead atoms. The number of thiol groups is 3. The van der Waals surface area contributed by atoms with Crippen molar-refractivity contribution in [1.29, 1.82) is 0 Å². The molecule has 2 N–H and O–H groups in total. The molecule has 93 heavy (non-hydrogen) atoms. The predicted octanol–water partition coefficient (Wildman–Crippen LogP) is 22.5. The number of aliphatic hydroxyl groups is 1. The Morgan fingerprint density at radius 3 is 1.52 bits per heavy atom. The van der Waals surface area contributed by atoms with Crippen LogP contribution in [-0.2, 0) is 48.1 Å². The summed E-state index contributed by atoms with van der Waals surface area (Å²) < 4.78 is 18.2. The molecule has 3 nitrogen and oxygen atoms in total. The third kappa shape index (κ3) is 14.4. The minimum atomic E-state index is 0.382. The van der Waals surface area contributed by atoms with Crippen LogP contribution in [0.1, 0.15) is 34.7 Å². The monoisotopic (exact) mass is 1330 g/mol. The molecule has 0 aliphatic carbocycles. The van der Waals surface area contributed by atoms with Gasteiger partial charge in [0.25, 0.3) is 5.75 Å². The first-order valence-electron chi connectivity index (χ1n) is 30.8. The Hall–Kier alpha value is -8.81. The highest BCUT2D eigenvalue weighted by Gasteiger charge is 2.25. The van der Waals surface area contributed by atoms with Gasteiger partial charge in [-0.3, -0.25) is 4.79 Å². The molecule has 0 atom stereocenters. The molecule has 0 fully saturated rings. The number of ether oxygens (including phenoxy) is 2. The van der Waals surface area contributed by atoms with Gasteiger partial charge in [-0.2, -0.15) is 0 Å². The fourth-order valence-electron chi connectivity index (χ4n) is 11.5. The van der Waals surface area contributed by atoms with Crippen LogP contribution in [-0.4, -0.2) is 22.4 Å². The van der Waals surface area contributed by atoms with Gasteiger partial charge in [0.15, 0.2) is 47.6 Å². The molecular weight excluding hydrogens is 1270 g/mol. The van der Waals surface area contributed by atoms with Crippen LogP contribution >= 0.6 is 45.8 Å². The number of thiophene rings is 3. The van der Waals surface area contributed by atoms with Crippen molar-refractivity contribution in [2.75, 3.05) is 7.11 Å². The molecule has 19 rings (SSSR count). The standard InChI is InChI=1S/C18H12S2.C15H12OS.C13H10OS.C13H10S.C12H8OS.C12H8S/c1-2-6-13(7-3-1)19-14-10-11-18-16(12-14)15-8-4-5-9-17(15)20-18;1-10(16)11-6-7-13-8-12-4-2-3-5-14(12)17-15(13)9-11;1-14-9-6-7-11-10-4-2-3-5-12(10)15-13(11)8-9;1-3-7-12-10(5-1)9-11-6-2-4-8-13(11)14-12;1-3-7-11-9(5-1)13-10-6-2-4-8-12(10)14-11;1-3-7-11-9(5-1)10-6-2-4-8-12(10)13-11/h1-12H;2-7,9H,8H2,1H3;2-8H,1H3;1-8H,9H2;1-8H;1-8H/p+6. The lowest BCUT2D eigenvalue weighted by Crippen LogP contribution is -2.04. The maximum absolute atomic E-state index is 9.53. The SMILES string of the molecule is CC(=[OH+])c1ccc2c(c1)Sc1ccccc1C2.C[OH+]c1ccc2c(c1)sc1ccccc12.c1ccc([SH+]c2ccc3sc4ccccc4c3c2)cc1.c1ccc2c(c1)Cc1ccccc1[SH+]2.c1ccc2c(c1)Oc1ccccc1[SH+]2.c1ccc2c(c1)[sH+]c1ccccc12. The number of para-hydroxylation sites is 2. The van der Waals surface area contributed by atoms with Crippen molar-refractivity contribution in [3.8, 4) is 17.2 Å². The molecule has 452 valence electrons. The summed E-state index contributed by atoms with van der Waals surface area (Å²) in [5.41, 5.74) is 6.61. The largest absolute Gasteiger partial charge is 0.585 e. The number of rotatable bonds is 4. The van der Waals surface area contributed by atoms with Crippen LogP contribution in [0.4, 0.5) is 0 Å². The van der Waals surface area contributed by atoms with Gasteiger partial charge in [0, 0.05) is 114 Å². The highest BCUT2D eigenvalue weighted by Crippen LogP contribution is 2.42. The second kappa shape index (κ2) is 29.0. The zero-order valence-electron chi connectivity index (χ0n) is 51.1. The Kier molecular flexibility index (Phi) is 19.2. The van der Waals surface area contributed by atoms with Crippen LogP contribution in [0.5, 0.6) is 17.2 Å². The van der Waals surface area contributed by atoms with Gasteiger partial charge in [0.05, 0.1) is 30.3 Å². The molecule has 0 saturated heterocycles. The number of aromatic hydroxyl groups is 1. The number of carbonyl (C=O) groups excluding carboxylic acids is 1. The van der Waals surface area contributed by atoms with E-state index in [-0.39, 0.29) is 0 Å². The second-order valence-corrected chi connectivity index (χ2v) is 30.4. The number of ketones is 1. The van der Waals surface area contributed by atoms with E-state index in [9.17, 15) is 4.79 Å². The molecule has 3 aromatic heterocycles. The van der Waals surface area contributed by atoms with Crippen molar-refractivity contribution >= 4 is 147 Å². The molecular formula is C83H66O3S7+6. The number of hydrogen-bond donors (Lipinski definition) is 0. The van der Waals surface area contributed by atoms with Crippen LogP contribution in [0.2, 0.25) is 0 Å². The van der Waals surface area contributed by atoms with Crippen LogP contribution in [0.15, 0.2) is 342 Å². The van der Waals surface area contributed by atoms with Crippen molar-refractivity contribution in [2.24, 2.45) is 0 Å². The third-order valence-electron chi connectivity index (χ3n) is 16.2. The van der Waals surface area contributed by atoms with E-state index in [0.29, 0.717) is 5.78 Å². The second-order valence-electron chi connectivity index (χ2n) is 22.4. The summed E-state index contributed by atoms with van der Waals surface area (Å²) in [5.74, 6) is 3.39. The number of hydrogen-bond acceptors (Lipinski definition) is 4. The Morgan fingerprint density at radius 1 is 0.387 bits per heavy atom. The van der Waals surface area contributed by atoms with Gasteiger partial charge >= 0.3 is 5.78 Å². The first kappa shape index (κ1) is 61.7. The number of fused-ring (bicyclic) bond motifs is 15. The maximum Gasteiger partial charge on any atom is 0.320 e. The van der Waals surface area contributed by atoms with Crippen LogP contribution in [0.25, 0.3) is 60.5 Å². The highest BCUT2D eigenvalue weighted by molar-refractivity contribution is 7.99. The summed E-state index contributed by atoms with van der Waals surface area (Å²) in [6, 6.07) is 107. The summed E-state index contributed by atoms with van der Waals surface area (Å²) in [7, 11) is 1.83. The van der Waals surface area contributed by atoms with Crippen LogP contribution in [0, 0.1) is 0 Å². The van der Waals surface area contributed by atoms with Gasteiger partial charge in [-0.15, -0.1) is 22.7 Å². The summed E-state index contributed by atoms with van der Waals surface area (Å²) in [5, 5.41) is 8.24. The molecule has 0 spiro atoms. The van der Waals surface area contributed by atoms with E-state index < -0.39 is 0 Å². The lowest BCUT2D eigenvalue weighted by Gasteiger charge is -2.18. The summed E-state index contributed by atoms with van der Waals surface area (Å²) in [4.78, 5) is 20.2. The average Bonchev–Trinajstić information content (AvgIpc) is 1.90. The van der Waals surface area contributed by atoms with Gasteiger partial charge in [0.1, 0.15) is 0 Å². The Morgan fingerprint density at radius 2 is 0.871 bits per heavy atom. The van der Waals surface area contributed by atoms with Gasteiger partial charge in [-0.05, 0) is 150 Å². The zero-order valence-corrected chi connectivity index (χ0v) is 57.1.